The van der Waals surface area contributed by atoms with E-state index in [1.165, 1.54) is 13.8 Å². The number of aliphatic hydroxyl groups excluding tert-OH is 1. The third kappa shape index (κ3) is 3.28. The van der Waals surface area contributed by atoms with Crippen LogP contribution in [-0.2, 0) is 10.0 Å². The number of furan rings is 1. The Balaban J connectivity index is 2.22. The Kier molecular flexibility index (Phi) is 4.40. The number of carboxylic acid groups (broad SMARTS) is 1. The molecule has 1 heterocycles. The molecule has 2 atom stereocenters. The molecule has 3 N–H and O–H groups in total. The van der Waals surface area contributed by atoms with Gasteiger partial charge >= 0.3 is 5.97 Å². The maximum atomic E-state index is 12.3. The minimum Gasteiger partial charge on any atom is -0.478 e. The molecule has 1 aromatic heterocycles. The highest BCUT2D eigenvalue weighted by Crippen LogP contribution is 2.28. The minimum atomic E-state index is -3.96. The first kappa shape index (κ1) is 16.0. The molecule has 1 aromatic rings. The normalized spacial score (nSPS) is 22.6. The molecular weight excluding hydrogens is 298 g/mol. The van der Waals surface area contributed by atoms with E-state index < -0.39 is 16.0 Å². The second-order valence-electron chi connectivity index (χ2n) is 5.41. The van der Waals surface area contributed by atoms with Crippen LogP contribution < -0.4 is 4.72 Å². The lowest BCUT2D eigenvalue weighted by Crippen LogP contribution is -2.30. The average molecular weight is 317 g/mol. The molecule has 1 aliphatic rings. The van der Waals surface area contributed by atoms with Gasteiger partial charge in [0, 0.05) is 6.54 Å². The van der Waals surface area contributed by atoms with Crippen LogP contribution in [-0.4, -0.2) is 37.2 Å². The molecule has 1 fully saturated rings. The zero-order valence-electron chi connectivity index (χ0n) is 11.9. The number of aliphatic hydroxyl groups is 1. The van der Waals surface area contributed by atoms with Crippen LogP contribution in [0.25, 0.3) is 0 Å². The van der Waals surface area contributed by atoms with Crippen LogP contribution in [0.4, 0.5) is 0 Å². The van der Waals surface area contributed by atoms with E-state index >= 15 is 0 Å². The van der Waals surface area contributed by atoms with Gasteiger partial charge in [-0.25, -0.2) is 17.9 Å². The molecule has 1 saturated carbocycles. The van der Waals surface area contributed by atoms with Crippen molar-refractivity contribution < 1.29 is 27.8 Å². The molecule has 118 valence electrons. The van der Waals surface area contributed by atoms with Gasteiger partial charge in [-0.1, -0.05) is 0 Å². The van der Waals surface area contributed by atoms with E-state index in [-0.39, 0.29) is 40.5 Å². The second kappa shape index (κ2) is 5.78. The first-order valence-corrected chi connectivity index (χ1v) is 8.21. The molecule has 7 nitrogen and oxygen atoms in total. The first-order valence-electron chi connectivity index (χ1n) is 6.73. The fourth-order valence-electron chi connectivity index (χ4n) is 2.77. The van der Waals surface area contributed by atoms with Gasteiger partial charge in [-0.3, -0.25) is 0 Å². The Labute approximate surface area is 123 Å². The smallest absolute Gasteiger partial charge is 0.340 e. The van der Waals surface area contributed by atoms with Crippen LogP contribution in [0.15, 0.2) is 9.31 Å². The molecule has 0 amide bonds. The molecule has 21 heavy (non-hydrogen) atoms. The van der Waals surface area contributed by atoms with Gasteiger partial charge in [-0.2, -0.15) is 0 Å². The molecule has 0 aromatic carbocycles. The van der Waals surface area contributed by atoms with Crippen LogP contribution in [0.1, 0.15) is 41.1 Å². The van der Waals surface area contributed by atoms with Crippen molar-refractivity contribution >= 4 is 16.0 Å². The summed E-state index contributed by atoms with van der Waals surface area (Å²) in [5.74, 6) is -1.14. The summed E-state index contributed by atoms with van der Waals surface area (Å²) in [6.07, 6.45) is 1.58. The lowest BCUT2D eigenvalue weighted by molar-refractivity contribution is 0.0691. The van der Waals surface area contributed by atoms with Gasteiger partial charge < -0.3 is 14.6 Å². The average Bonchev–Trinajstić information content (AvgIpc) is 2.90. The van der Waals surface area contributed by atoms with Gasteiger partial charge in [0.15, 0.2) is 0 Å². The van der Waals surface area contributed by atoms with Crippen LogP contribution in [0.5, 0.6) is 0 Å². The molecule has 1 aliphatic carbocycles. The monoisotopic (exact) mass is 317 g/mol. The summed E-state index contributed by atoms with van der Waals surface area (Å²) in [4.78, 5) is 10.9. The summed E-state index contributed by atoms with van der Waals surface area (Å²) in [6.45, 7) is 3.03. The molecule has 2 unspecified atom stereocenters. The zero-order chi connectivity index (χ0) is 15.8. The highest BCUT2D eigenvalue weighted by atomic mass is 32.2. The van der Waals surface area contributed by atoms with Crippen molar-refractivity contribution in [2.24, 2.45) is 5.92 Å². The number of carbonyl (C=O) groups is 1. The summed E-state index contributed by atoms with van der Waals surface area (Å²) in [7, 11) is -3.96. The number of carboxylic acids is 1. The third-order valence-corrected chi connectivity index (χ3v) is 5.34. The number of sulfonamides is 1. The van der Waals surface area contributed by atoms with Crippen molar-refractivity contribution in [3.63, 3.8) is 0 Å². The Morgan fingerprint density at radius 3 is 2.52 bits per heavy atom. The summed E-state index contributed by atoms with van der Waals surface area (Å²) < 4.78 is 32.2. The summed E-state index contributed by atoms with van der Waals surface area (Å²) in [5, 5.41) is 18.6. The van der Waals surface area contributed by atoms with Crippen molar-refractivity contribution in [3.8, 4) is 0 Å². The lowest BCUT2D eigenvalue weighted by Gasteiger charge is -2.11. The predicted molar refractivity (Wildman–Crippen MR) is 73.7 cm³/mol. The summed E-state index contributed by atoms with van der Waals surface area (Å²) in [5.41, 5.74) is -0.327. The molecule has 0 spiro atoms. The minimum absolute atomic E-state index is 0.0591. The van der Waals surface area contributed by atoms with Crippen LogP contribution in [0.3, 0.4) is 0 Å². The molecule has 2 rings (SSSR count). The number of aromatic carboxylic acids is 1. The van der Waals surface area contributed by atoms with Crippen LogP contribution in [0.2, 0.25) is 0 Å². The topological polar surface area (TPSA) is 117 Å². The number of nitrogens with one attached hydrogen (secondary N) is 1. The Bertz CT molecular complexity index is 648. The maximum absolute atomic E-state index is 12.3. The van der Waals surface area contributed by atoms with Crippen LogP contribution >= 0.6 is 0 Å². The molecule has 0 radical (unpaired) electrons. The number of hydrogen-bond donors (Lipinski definition) is 3. The molecule has 8 heteroatoms. The summed E-state index contributed by atoms with van der Waals surface area (Å²) in [6, 6.07) is 0. The lowest BCUT2D eigenvalue weighted by atomic mass is 10.1. The molecule has 0 bridgehead atoms. The summed E-state index contributed by atoms with van der Waals surface area (Å²) >= 11 is 0. The van der Waals surface area contributed by atoms with Crippen molar-refractivity contribution in [2.45, 2.75) is 44.1 Å². The Morgan fingerprint density at radius 1 is 1.33 bits per heavy atom. The maximum Gasteiger partial charge on any atom is 0.340 e. The second-order valence-corrected chi connectivity index (χ2v) is 7.11. The SMILES string of the molecule is Cc1oc(C)c(S(=O)(=O)NCC2CCC(O)C2)c1C(=O)O. The highest BCUT2D eigenvalue weighted by Gasteiger charge is 2.32. The highest BCUT2D eigenvalue weighted by molar-refractivity contribution is 7.89. The zero-order valence-corrected chi connectivity index (χ0v) is 12.7. The van der Waals surface area contributed by atoms with Gasteiger partial charge in [-0.15, -0.1) is 0 Å². The van der Waals surface area contributed by atoms with Crippen molar-refractivity contribution in [1.82, 2.24) is 4.72 Å². The van der Waals surface area contributed by atoms with Gasteiger partial charge in [0.05, 0.1) is 6.10 Å². The van der Waals surface area contributed by atoms with Crippen molar-refractivity contribution in [1.29, 1.82) is 0 Å². The first-order chi connectivity index (χ1) is 9.72. The van der Waals surface area contributed by atoms with Gasteiger partial charge in [-0.05, 0) is 39.0 Å². The van der Waals surface area contributed by atoms with E-state index in [0.717, 1.165) is 6.42 Å². The third-order valence-electron chi connectivity index (χ3n) is 3.76. The van der Waals surface area contributed by atoms with E-state index in [1.807, 2.05) is 0 Å². The largest absolute Gasteiger partial charge is 0.478 e. The fourth-order valence-corrected chi connectivity index (χ4v) is 4.29. The van der Waals surface area contributed by atoms with Crippen LogP contribution in [0, 0.1) is 19.8 Å². The number of rotatable bonds is 5. The van der Waals surface area contributed by atoms with Crippen molar-refractivity contribution in [2.75, 3.05) is 6.54 Å². The van der Waals surface area contributed by atoms with Gasteiger partial charge in [0.25, 0.3) is 0 Å². The van der Waals surface area contributed by atoms with E-state index in [4.69, 9.17) is 9.52 Å². The number of aryl methyl sites for hydroxylation is 2. The molecule has 0 saturated heterocycles. The van der Waals surface area contributed by atoms with Crippen molar-refractivity contribution in [3.05, 3.63) is 17.1 Å². The van der Waals surface area contributed by atoms with E-state index in [9.17, 15) is 18.3 Å². The Morgan fingerprint density at radius 2 is 2.00 bits per heavy atom. The standard InChI is InChI=1S/C13H19NO6S/c1-7-11(13(16)17)12(8(2)20-7)21(18,19)14-6-9-3-4-10(15)5-9/h9-10,14-15H,3-6H2,1-2H3,(H,16,17). The fraction of sp³-hybridized carbons (Fsp3) is 0.615. The van der Waals surface area contributed by atoms with Gasteiger partial charge in [0.1, 0.15) is 22.0 Å². The molecular formula is C13H19NO6S. The van der Waals surface area contributed by atoms with Gasteiger partial charge in [0.2, 0.25) is 10.0 Å². The van der Waals surface area contributed by atoms with E-state index in [2.05, 4.69) is 4.72 Å². The van der Waals surface area contributed by atoms with E-state index in [1.54, 1.807) is 0 Å². The quantitative estimate of drug-likeness (QED) is 0.747. The molecule has 0 aliphatic heterocycles. The van der Waals surface area contributed by atoms with E-state index in [0.29, 0.717) is 12.8 Å². The number of hydrogen-bond acceptors (Lipinski definition) is 5. The Hall–Kier alpha value is -1.38. The predicted octanol–water partition coefficient (Wildman–Crippen LogP) is 1.03.